The number of hydrogen-bond donors (Lipinski definition) is 1. The van der Waals surface area contributed by atoms with Gasteiger partial charge in [0.05, 0.1) is 0 Å². The van der Waals surface area contributed by atoms with Crippen LogP contribution in [-0.4, -0.2) is 17.4 Å². The lowest BCUT2D eigenvalue weighted by molar-refractivity contribution is -0.119. The number of hydrogen-bond acceptors (Lipinski definition) is 2. The first-order valence-electron chi connectivity index (χ1n) is 6.65. The quantitative estimate of drug-likeness (QED) is 0.896. The van der Waals surface area contributed by atoms with Crippen LogP contribution in [0.1, 0.15) is 38.2 Å². The largest absolute Gasteiger partial charge is 0.326 e. The van der Waals surface area contributed by atoms with Gasteiger partial charge in [-0.15, -0.1) is 0 Å². The van der Waals surface area contributed by atoms with Gasteiger partial charge in [-0.3, -0.25) is 4.79 Å². The Morgan fingerprint density at radius 3 is 2.61 bits per heavy atom. The molecule has 1 aromatic carbocycles. The molecule has 0 spiro atoms. The molecule has 98 valence electrons. The molecule has 0 bridgehead atoms. The third kappa shape index (κ3) is 3.52. The fraction of sp³-hybridized carbons (Fsp3) is 0.533. The van der Waals surface area contributed by atoms with E-state index in [-0.39, 0.29) is 11.8 Å². The summed E-state index contributed by atoms with van der Waals surface area (Å²) >= 11 is 1.89. The summed E-state index contributed by atoms with van der Waals surface area (Å²) in [6.45, 7) is 4.35. The molecule has 0 aliphatic carbocycles. The van der Waals surface area contributed by atoms with E-state index in [1.807, 2.05) is 23.9 Å². The van der Waals surface area contributed by atoms with Crippen LogP contribution in [0.4, 0.5) is 5.69 Å². The lowest BCUT2D eigenvalue weighted by atomic mass is 10.0. The molecular weight excluding hydrogens is 242 g/mol. The minimum atomic E-state index is 0.180. The summed E-state index contributed by atoms with van der Waals surface area (Å²) < 4.78 is 0. The van der Waals surface area contributed by atoms with Gasteiger partial charge in [-0.2, -0.15) is 11.8 Å². The van der Waals surface area contributed by atoms with Crippen molar-refractivity contribution in [3.8, 4) is 0 Å². The molecule has 3 heteroatoms. The molecule has 1 heterocycles. The van der Waals surface area contributed by atoms with Crippen molar-refractivity contribution in [1.29, 1.82) is 0 Å². The third-order valence-corrected chi connectivity index (χ3v) is 4.59. The number of anilines is 1. The van der Waals surface area contributed by atoms with Gasteiger partial charge in [0.25, 0.3) is 0 Å². The second kappa shape index (κ2) is 6.28. The Hall–Kier alpha value is -0.960. The first kappa shape index (κ1) is 13.5. The van der Waals surface area contributed by atoms with Crippen LogP contribution in [0.3, 0.4) is 0 Å². The van der Waals surface area contributed by atoms with Crippen LogP contribution in [0.5, 0.6) is 0 Å². The van der Waals surface area contributed by atoms with Crippen LogP contribution in [0.25, 0.3) is 0 Å². The minimum Gasteiger partial charge on any atom is -0.326 e. The fourth-order valence-corrected chi connectivity index (χ4v) is 3.28. The van der Waals surface area contributed by atoms with Crippen LogP contribution in [0, 0.1) is 5.92 Å². The van der Waals surface area contributed by atoms with E-state index in [9.17, 15) is 4.79 Å². The zero-order valence-corrected chi connectivity index (χ0v) is 11.9. The molecule has 1 amide bonds. The number of carbonyl (C=O) groups is 1. The number of amides is 1. The number of rotatable bonds is 3. The molecule has 1 saturated heterocycles. The maximum atomic E-state index is 12.1. The molecule has 18 heavy (non-hydrogen) atoms. The second-order valence-electron chi connectivity index (χ2n) is 5.18. The van der Waals surface area contributed by atoms with Crippen molar-refractivity contribution in [2.45, 2.75) is 32.6 Å². The molecule has 1 aliphatic rings. The highest BCUT2D eigenvalue weighted by Crippen LogP contribution is 2.24. The molecule has 1 aliphatic heterocycles. The molecule has 1 aromatic rings. The summed E-state index contributed by atoms with van der Waals surface area (Å²) in [4.78, 5) is 12.1. The van der Waals surface area contributed by atoms with Gasteiger partial charge in [0.1, 0.15) is 0 Å². The zero-order valence-electron chi connectivity index (χ0n) is 11.1. The van der Waals surface area contributed by atoms with Gasteiger partial charge in [-0.05, 0) is 42.2 Å². The smallest absolute Gasteiger partial charge is 0.228 e. The maximum absolute atomic E-state index is 12.1. The Bertz CT molecular complexity index is 393. The van der Waals surface area contributed by atoms with Crippen molar-refractivity contribution in [3.05, 3.63) is 29.8 Å². The van der Waals surface area contributed by atoms with Crippen molar-refractivity contribution in [2.24, 2.45) is 5.92 Å². The lowest BCUT2D eigenvalue weighted by Gasteiger charge is -2.20. The summed E-state index contributed by atoms with van der Waals surface area (Å²) in [7, 11) is 0. The van der Waals surface area contributed by atoms with Crippen molar-refractivity contribution in [1.82, 2.24) is 0 Å². The Kier molecular flexibility index (Phi) is 4.70. The molecule has 2 rings (SSSR count). The average molecular weight is 263 g/mol. The Morgan fingerprint density at radius 1 is 1.33 bits per heavy atom. The minimum absolute atomic E-state index is 0.180. The summed E-state index contributed by atoms with van der Waals surface area (Å²) in [6.07, 6.45) is 2.19. The van der Waals surface area contributed by atoms with Crippen LogP contribution in [-0.2, 0) is 4.79 Å². The van der Waals surface area contributed by atoms with Crippen LogP contribution >= 0.6 is 11.8 Å². The molecule has 2 nitrogen and oxygen atoms in total. The number of nitrogens with one attached hydrogen (secondary N) is 1. The van der Waals surface area contributed by atoms with E-state index in [2.05, 4.69) is 31.3 Å². The van der Waals surface area contributed by atoms with Gasteiger partial charge in [0.2, 0.25) is 5.91 Å². The summed E-state index contributed by atoms with van der Waals surface area (Å²) in [5.41, 5.74) is 2.22. The van der Waals surface area contributed by atoms with Gasteiger partial charge < -0.3 is 5.32 Å². The van der Waals surface area contributed by atoms with Gasteiger partial charge >= 0.3 is 0 Å². The molecular formula is C15H21NOS. The zero-order chi connectivity index (χ0) is 13.0. The van der Waals surface area contributed by atoms with Crippen LogP contribution < -0.4 is 5.32 Å². The standard InChI is InChI=1S/C15H21NOS/c1-11(2)12-5-7-14(8-6-12)16-15(17)13-4-3-9-18-10-13/h5-8,11,13H,3-4,9-10H2,1-2H3,(H,16,17). The normalized spacial score (nSPS) is 19.8. The lowest BCUT2D eigenvalue weighted by Crippen LogP contribution is -2.27. The third-order valence-electron chi connectivity index (χ3n) is 3.38. The molecule has 1 unspecified atom stereocenters. The van der Waals surface area contributed by atoms with Crippen LogP contribution in [0.15, 0.2) is 24.3 Å². The van der Waals surface area contributed by atoms with Crippen molar-refractivity contribution < 1.29 is 4.79 Å². The van der Waals surface area contributed by atoms with Gasteiger partial charge in [-0.25, -0.2) is 0 Å². The van der Waals surface area contributed by atoms with E-state index in [1.165, 1.54) is 11.3 Å². The fourth-order valence-electron chi connectivity index (χ4n) is 2.14. The predicted octanol–water partition coefficient (Wildman–Crippen LogP) is 3.89. The maximum Gasteiger partial charge on any atom is 0.228 e. The van der Waals surface area contributed by atoms with Gasteiger partial charge in [0.15, 0.2) is 0 Å². The van der Waals surface area contributed by atoms with E-state index < -0.39 is 0 Å². The van der Waals surface area contributed by atoms with E-state index in [4.69, 9.17) is 0 Å². The predicted molar refractivity (Wildman–Crippen MR) is 79.2 cm³/mol. The highest BCUT2D eigenvalue weighted by Gasteiger charge is 2.21. The van der Waals surface area contributed by atoms with Crippen molar-refractivity contribution >= 4 is 23.4 Å². The average Bonchev–Trinajstić information content (AvgIpc) is 2.40. The molecule has 1 fully saturated rings. The number of thioether (sulfide) groups is 1. The molecule has 0 saturated carbocycles. The molecule has 1 atom stereocenters. The Morgan fingerprint density at radius 2 is 2.06 bits per heavy atom. The van der Waals surface area contributed by atoms with E-state index >= 15 is 0 Å². The SMILES string of the molecule is CC(C)c1ccc(NC(=O)C2CCCSC2)cc1. The van der Waals surface area contributed by atoms with E-state index in [0.717, 1.165) is 24.3 Å². The first-order chi connectivity index (χ1) is 8.66. The summed E-state index contributed by atoms with van der Waals surface area (Å²) in [6, 6.07) is 8.19. The molecule has 0 radical (unpaired) electrons. The van der Waals surface area contributed by atoms with Gasteiger partial charge in [-0.1, -0.05) is 26.0 Å². The second-order valence-corrected chi connectivity index (χ2v) is 6.33. The monoisotopic (exact) mass is 263 g/mol. The topological polar surface area (TPSA) is 29.1 Å². The molecule has 0 aromatic heterocycles. The van der Waals surface area contributed by atoms with Crippen molar-refractivity contribution in [3.63, 3.8) is 0 Å². The van der Waals surface area contributed by atoms with E-state index in [0.29, 0.717) is 5.92 Å². The first-order valence-corrected chi connectivity index (χ1v) is 7.81. The van der Waals surface area contributed by atoms with Crippen molar-refractivity contribution in [2.75, 3.05) is 16.8 Å². The molecule has 1 N–H and O–H groups in total. The Labute approximate surface area is 114 Å². The van der Waals surface area contributed by atoms with Crippen LogP contribution in [0.2, 0.25) is 0 Å². The highest BCUT2D eigenvalue weighted by atomic mass is 32.2. The number of carbonyl (C=O) groups excluding carboxylic acids is 1. The Balaban J connectivity index is 1.94. The van der Waals surface area contributed by atoms with E-state index in [1.54, 1.807) is 0 Å². The van der Waals surface area contributed by atoms with Gasteiger partial charge in [0, 0.05) is 17.4 Å². The highest BCUT2D eigenvalue weighted by molar-refractivity contribution is 7.99. The number of benzene rings is 1. The summed E-state index contributed by atoms with van der Waals surface area (Å²) in [5, 5.41) is 3.03. The summed E-state index contributed by atoms with van der Waals surface area (Å²) in [5.74, 6) is 3.07.